The van der Waals surface area contributed by atoms with Gasteiger partial charge in [-0.25, -0.2) is 0 Å². The number of carboxylic acid groups (broad SMARTS) is 1. The summed E-state index contributed by atoms with van der Waals surface area (Å²) in [5.41, 5.74) is 0. The summed E-state index contributed by atoms with van der Waals surface area (Å²) >= 11 is 0. The molecular weight excluding hydrogens is 257 g/mol. The fourth-order valence-corrected chi connectivity index (χ4v) is 1.50. The van der Waals surface area contributed by atoms with E-state index in [9.17, 15) is 4.79 Å². The third-order valence-electron chi connectivity index (χ3n) is 2.29. The van der Waals surface area contributed by atoms with Gasteiger partial charge in [-0.3, -0.25) is 11.8 Å². The van der Waals surface area contributed by atoms with Gasteiger partial charge in [-0.15, -0.1) is 0 Å². The molecule has 0 amide bonds. The van der Waals surface area contributed by atoms with Crippen LogP contribution in [0.15, 0.2) is 0 Å². The Balaban J connectivity index is 0. The van der Waals surface area contributed by atoms with E-state index in [1.807, 2.05) is 0 Å². The van der Waals surface area contributed by atoms with E-state index in [-0.39, 0.29) is 50.7 Å². The molecule has 1 aliphatic rings. The molecule has 4 nitrogen and oxygen atoms in total. The first-order valence-electron chi connectivity index (χ1n) is 4.34. The second-order valence-corrected chi connectivity index (χ2v) is 2.81. The van der Waals surface area contributed by atoms with Crippen molar-refractivity contribution in [1.82, 2.24) is 10.6 Å². The molecule has 1 fully saturated rings. The van der Waals surface area contributed by atoms with E-state index >= 15 is 0 Å². The maximum atomic E-state index is 10.6. The largest absolute Gasteiger partial charge is 0.481 e. The minimum Gasteiger partial charge on any atom is -0.481 e. The van der Waals surface area contributed by atoms with E-state index in [4.69, 9.17) is 5.11 Å². The van der Waals surface area contributed by atoms with Crippen LogP contribution in [0.2, 0.25) is 0 Å². The maximum Gasteiger partial charge on any atom is 0.309 e. The molecule has 1 saturated carbocycles. The number of rotatable bonds is 3. The molecule has 1 aliphatic carbocycles. The monoisotopic (exact) mass is 275 g/mol. The molecule has 0 aromatic rings. The zero-order chi connectivity index (χ0) is 10.4. The van der Waals surface area contributed by atoms with Gasteiger partial charge in [0, 0.05) is 38.8 Å². The predicted molar refractivity (Wildman–Crippen MR) is 51.9 cm³/mol. The molecule has 0 heterocycles. The van der Waals surface area contributed by atoms with Crippen molar-refractivity contribution in [3.63, 3.8) is 0 Å². The molecule has 0 bridgehead atoms. The van der Waals surface area contributed by atoms with E-state index in [2.05, 4.69) is 24.6 Å². The van der Waals surface area contributed by atoms with Gasteiger partial charge in [-0.2, -0.15) is 6.92 Å². The molecule has 3 N–H and O–H groups in total. The van der Waals surface area contributed by atoms with E-state index < -0.39 is 5.97 Å². The van der Waals surface area contributed by atoms with Gasteiger partial charge < -0.3 is 22.7 Å². The first-order chi connectivity index (χ1) is 6.20. The Kier molecular flexibility index (Phi) is 10.6. The molecule has 81 valence electrons. The molecule has 0 aromatic heterocycles. The topological polar surface area (TPSA) is 61.4 Å². The van der Waals surface area contributed by atoms with Gasteiger partial charge in [0.05, 0.1) is 5.92 Å². The van der Waals surface area contributed by atoms with Crippen molar-refractivity contribution in [1.29, 1.82) is 0 Å². The summed E-state index contributed by atoms with van der Waals surface area (Å²) in [7, 11) is 5.25. The summed E-state index contributed by atoms with van der Waals surface area (Å²) < 4.78 is 0. The number of carbonyl (C=O) groups is 1. The predicted octanol–water partition coefficient (Wildman–Crippen LogP) is 0.267. The van der Waals surface area contributed by atoms with Crippen LogP contribution in [-0.4, -0.2) is 30.2 Å². The van der Waals surface area contributed by atoms with Crippen molar-refractivity contribution in [3.05, 3.63) is 14.0 Å². The molecule has 0 aromatic carbocycles. The molecule has 14 heavy (non-hydrogen) atoms. The van der Waals surface area contributed by atoms with Crippen LogP contribution in [0.3, 0.4) is 0 Å². The quantitative estimate of drug-likeness (QED) is 0.647. The van der Waals surface area contributed by atoms with Crippen molar-refractivity contribution >= 4 is 5.97 Å². The minimum absolute atomic E-state index is 0. The molecule has 0 saturated heterocycles. The molecule has 3 unspecified atom stereocenters. The van der Waals surface area contributed by atoms with Crippen LogP contribution in [0.25, 0.3) is 0 Å². The van der Waals surface area contributed by atoms with Crippen LogP contribution in [-0.2, 0) is 37.5 Å². The van der Waals surface area contributed by atoms with Gasteiger partial charge >= 0.3 is 5.97 Å². The number of aliphatic carboxylic acids is 1. The van der Waals surface area contributed by atoms with Crippen LogP contribution < -0.4 is 10.6 Å². The third-order valence-corrected chi connectivity index (χ3v) is 2.29. The fourth-order valence-electron chi connectivity index (χ4n) is 1.50. The SMILES string of the molecule is [CH2-]C.[CH2-]NC1CC(NC)C1C(=O)O.[Y]. The number of hydrogen-bond acceptors (Lipinski definition) is 3. The van der Waals surface area contributed by atoms with Gasteiger partial charge in [0.25, 0.3) is 0 Å². The van der Waals surface area contributed by atoms with Crippen LogP contribution >= 0.6 is 0 Å². The molecule has 5 heteroatoms. The summed E-state index contributed by atoms with van der Waals surface area (Å²) in [6.45, 7) is 5.00. The number of nitrogens with one attached hydrogen (secondary N) is 2. The maximum absolute atomic E-state index is 10.6. The summed E-state index contributed by atoms with van der Waals surface area (Å²) in [5.74, 6) is -1.07. The van der Waals surface area contributed by atoms with Crippen LogP contribution in [0.1, 0.15) is 13.3 Å². The first-order valence-corrected chi connectivity index (χ1v) is 4.34. The van der Waals surface area contributed by atoms with Crippen LogP contribution in [0.5, 0.6) is 0 Å². The molecule has 1 rings (SSSR count). The average Bonchev–Trinajstić information content (AvgIpc) is 2.06. The van der Waals surface area contributed by atoms with Crippen molar-refractivity contribution in [2.24, 2.45) is 5.92 Å². The molecule has 3 atom stereocenters. The van der Waals surface area contributed by atoms with Crippen molar-refractivity contribution in [2.45, 2.75) is 25.4 Å². The Morgan fingerprint density at radius 2 is 1.93 bits per heavy atom. The summed E-state index contributed by atoms with van der Waals surface area (Å²) in [6, 6.07) is 0.136. The molecule has 0 spiro atoms. The Labute approximate surface area is 111 Å². The fraction of sp³-hybridized carbons (Fsp3) is 0.667. The van der Waals surface area contributed by atoms with Crippen molar-refractivity contribution in [2.75, 3.05) is 7.05 Å². The van der Waals surface area contributed by atoms with Gasteiger partial charge in [0.1, 0.15) is 0 Å². The average molecular weight is 275 g/mol. The van der Waals surface area contributed by atoms with E-state index in [1.165, 1.54) is 0 Å². The van der Waals surface area contributed by atoms with E-state index in [0.717, 1.165) is 6.42 Å². The van der Waals surface area contributed by atoms with Gasteiger partial charge in [0.2, 0.25) is 0 Å². The summed E-state index contributed by atoms with van der Waals surface area (Å²) in [6.07, 6.45) is 0.844. The summed E-state index contributed by atoms with van der Waals surface area (Å²) in [4.78, 5) is 10.6. The first kappa shape index (κ1) is 16.9. The molecule has 1 radical (unpaired) electrons. The van der Waals surface area contributed by atoms with Gasteiger partial charge in [0.15, 0.2) is 0 Å². The second-order valence-electron chi connectivity index (χ2n) is 2.81. The smallest absolute Gasteiger partial charge is 0.309 e. The second kappa shape index (κ2) is 8.77. The van der Waals surface area contributed by atoms with E-state index in [1.54, 1.807) is 14.0 Å². The number of hydrogen-bond donors (Lipinski definition) is 3. The number of carboxylic acids is 1. The Hall–Kier alpha value is 0.494. The zero-order valence-electron chi connectivity index (χ0n) is 8.79. The van der Waals surface area contributed by atoms with Gasteiger partial charge in [-0.1, -0.05) is 0 Å². The van der Waals surface area contributed by atoms with Crippen molar-refractivity contribution in [3.8, 4) is 0 Å². The van der Waals surface area contributed by atoms with Crippen molar-refractivity contribution < 1.29 is 42.6 Å². The van der Waals surface area contributed by atoms with E-state index in [0.29, 0.717) is 0 Å². The standard InChI is InChI=1S/C7H13N2O2.C2H5.Y/c1-8-4-3-5(9-2)6(4)7(10)11;1-2;/h4-6,8-9H,1,3H2,2H3,(H,10,11);1H2,2H3;/q2*-1;. The Bertz CT molecular complexity index is 157. The normalized spacial score (nSPS) is 29.0. The minimum atomic E-state index is -0.753. The van der Waals surface area contributed by atoms with Gasteiger partial charge in [-0.05, 0) is 19.5 Å². The molecular formula is C9H18N2O2Y-2. The van der Waals surface area contributed by atoms with Crippen LogP contribution in [0.4, 0.5) is 0 Å². The van der Waals surface area contributed by atoms with Crippen LogP contribution in [0, 0.1) is 19.9 Å². The molecule has 0 aliphatic heterocycles. The zero-order valence-corrected chi connectivity index (χ0v) is 11.6. The summed E-state index contributed by atoms with van der Waals surface area (Å²) in [5, 5.41) is 14.4. The Morgan fingerprint density at radius 1 is 1.43 bits per heavy atom. The Morgan fingerprint density at radius 3 is 2.21 bits per heavy atom. The third kappa shape index (κ3) is 3.93.